The molecule has 0 unspecified atom stereocenters. The van der Waals surface area contributed by atoms with Gasteiger partial charge in [-0.1, -0.05) is 6.07 Å². The van der Waals surface area contributed by atoms with Gasteiger partial charge in [0.1, 0.15) is 5.70 Å². The fourth-order valence-electron chi connectivity index (χ4n) is 4.12. The van der Waals surface area contributed by atoms with Crippen molar-refractivity contribution in [1.29, 1.82) is 0 Å². The molecule has 0 radical (unpaired) electrons. The molecule has 0 saturated carbocycles. The van der Waals surface area contributed by atoms with Crippen LogP contribution in [0.2, 0.25) is 0 Å². The zero-order valence-corrected chi connectivity index (χ0v) is 19.3. The average molecular weight is 476 g/mol. The van der Waals surface area contributed by atoms with Crippen molar-refractivity contribution in [3.63, 3.8) is 0 Å². The number of hydrogen-bond acceptors (Lipinski definition) is 8. The molecule has 0 atom stereocenters. The lowest BCUT2D eigenvalue weighted by atomic mass is 9.97. The molecule has 10 heteroatoms. The molecule has 3 amide bonds. The lowest BCUT2D eigenvalue weighted by molar-refractivity contribution is -0.115. The number of carbonyl (C=O) groups is 2. The van der Waals surface area contributed by atoms with E-state index in [1.165, 1.54) is 0 Å². The monoisotopic (exact) mass is 475 g/mol. The number of urea groups is 1. The highest BCUT2D eigenvalue weighted by molar-refractivity contribution is 7.08. The second-order valence-electron chi connectivity index (χ2n) is 8.34. The van der Waals surface area contributed by atoms with Gasteiger partial charge in [0.2, 0.25) is 5.95 Å². The Morgan fingerprint density at radius 3 is 2.76 bits per heavy atom. The summed E-state index contributed by atoms with van der Waals surface area (Å²) in [6.45, 7) is 3.44. The lowest BCUT2D eigenvalue weighted by Gasteiger charge is -2.32. The highest BCUT2D eigenvalue weighted by Gasteiger charge is 2.24. The van der Waals surface area contributed by atoms with Crippen molar-refractivity contribution in [2.45, 2.75) is 19.4 Å². The van der Waals surface area contributed by atoms with Gasteiger partial charge < -0.3 is 15.5 Å². The molecule has 9 nitrogen and oxygen atoms in total. The first-order valence-corrected chi connectivity index (χ1v) is 12.2. The molecular formula is C24H25N7O2S. The summed E-state index contributed by atoms with van der Waals surface area (Å²) in [4.78, 5) is 38.9. The maximum Gasteiger partial charge on any atom is 0.326 e. The molecule has 2 fully saturated rings. The predicted molar refractivity (Wildman–Crippen MR) is 131 cm³/mol. The summed E-state index contributed by atoms with van der Waals surface area (Å²) in [5.41, 5.74) is 4.00. The first-order chi connectivity index (χ1) is 16.6. The van der Waals surface area contributed by atoms with Crippen LogP contribution in [0.4, 0.5) is 10.7 Å². The number of amides is 3. The van der Waals surface area contributed by atoms with Gasteiger partial charge in [0.15, 0.2) is 0 Å². The van der Waals surface area contributed by atoms with Gasteiger partial charge in [-0.05, 0) is 61.0 Å². The van der Waals surface area contributed by atoms with E-state index >= 15 is 0 Å². The second-order valence-corrected chi connectivity index (χ2v) is 9.12. The van der Waals surface area contributed by atoms with Crippen LogP contribution in [0.25, 0.3) is 17.3 Å². The van der Waals surface area contributed by atoms with Crippen molar-refractivity contribution in [2.24, 2.45) is 5.92 Å². The van der Waals surface area contributed by atoms with Crippen molar-refractivity contribution >= 4 is 35.3 Å². The predicted octanol–water partition coefficient (Wildman–Crippen LogP) is 2.79. The molecule has 2 aliphatic heterocycles. The van der Waals surface area contributed by atoms with Crippen LogP contribution in [-0.2, 0) is 11.3 Å². The van der Waals surface area contributed by atoms with E-state index in [0.717, 1.165) is 56.0 Å². The fourth-order valence-corrected chi connectivity index (χ4v) is 4.77. The van der Waals surface area contributed by atoms with Gasteiger partial charge in [-0.15, -0.1) is 0 Å². The molecule has 3 N–H and O–H groups in total. The summed E-state index contributed by atoms with van der Waals surface area (Å²) < 4.78 is 0. The van der Waals surface area contributed by atoms with Crippen LogP contribution in [0, 0.1) is 5.92 Å². The van der Waals surface area contributed by atoms with Gasteiger partial charge >= 0.3 is 6.03 Å². The summed E-state index contributed by atoms with van der Waals surface area (Å²) in [5, 5.41) is 12.4. The third kappa shape index (κ3) is 5.29. The second kappa shape index (κ2) is 10.1. The summed E-state index contributed by atoms with van der Waals surface area (Å²) in [7, 11) is 0. The maximum absolute atomic E-state index is 11.7. The summed E-state index contributed by atoms with van der Waals surface area (Å²) in [6, 6.07) is 9.46. The number of rotatable bonds is 7. The molecule has 3 aromatic rings. The van der Waals surface area contributed by atoms with Crippen LogP contribution < -0.4 is 20.9 Å². The molecule has 174 valence electrons. The molecule has 5 heterocycles. The Hall–Kier alpha value is -3.63. The van der Waals surface area contributed by atoms with E-state index in [2.05, 4.69) is 59.8 Å². The number of nitrogens with zero attached hydrogens (tertiary/aromatic N) is 4. The van der Waals surface area contributed by atoms with Crippen molar-refractivity contribution in [3.8, 4) is 11.3 Å². The normalized spacial score (nSPS) is 17.8. The lowest BCUT2D eigenvalue weighted by Crippen LogP contribution is -2.38. The molecule has 5 rings (SSSR count). The summed E-state index contributed by atoms with van der Waals surface area (Å²) in [5.74, 6) is 0.769. The van der Waals surface area contributed by atoms with Crippen LogP contribution >= 0.6 is 11.3 Å². The SMILES string of the molecule is O=C1NC(=O)/C(=C/c2ccnc(N3CCC(CNCc4cccc(-c5ccsc5)n4)CC3)n2)N1. The largest absolute Gasteiger partial charge is 0.341 e. The number of nitrogens with one attached hydrogen (secondary N) is 3. The smallest absolute Gasteiger partial charge is 0.326 e. The molecule has 0 aliphatic carbocycles. The van der Waals surface area contributed by atoms with E-state index in [-0.39, 0.29) is 5.70 Å². The van der Waals surface area contributed by atoms with Crippen LogP contribution in [0.15, 0.2) is 53.0 Å². The van der Waals surface area contributed by atoms with E-state index in [0.29, 0.717) is 17.6 Å². The van der Waals surface area contributed by atoms with Gasteiger partial charge in [-0.25, -0.2) is 14.8 Å². The Morgan fingerprint density at radius 2 is 2.00 bits per heavy atom. The Labute approximate surface area is 201 Å². The highest BCUT2D eigenvalue weighted by Crippen LogP contribution is 2.22. The standard InChI is InChI=1S/C24H25N7O2S/c32-22-21(29-24(33)30-22)12-18-4-8-26-23(28-18)31-9-5-16(6-10-31)13-25-14-19-2-1-3-20(27-19)17-7-11-34-15-17/h1-4,7-8,11-12,15-16,25H,5-6,9-10,13-14H2,(H2,29,30,32,33)/b21-12-. The van der Waals surface area contributed by atoms with Crippen LogP contribution in [-0.4, -0.2) is 46.5 Å². The summed E-state index contributed by atoms with van der Waals surface area (Å²) in [6.07, 6.45) is 5.32. The van der Waals surface area contributed by atoms with E-state index in [9.17, 15) is 9.59 Å². The van der Waals surface area contributed by atoms with Crippen LogP contribution in [0.5, 0.6) is 0 Å². The van der Waals surface area contributed by atoms with Crippen LogP contribution in [0.1, 0.15) is 24.2 Å². The number of thiophene rings is 1. The zero-order chi connectivity index (χ0) is 23.3. The molecule has 34 heavy (non-hydrogen) atoms. The molecule has 3 aromatic heterocycles. The fraction of sp³-hybridized carbons (Fsp3) is 0.292. The Kier molecular flexibility index (Phi) is 6.59. The van der Waals surface area contributed by atoms with E-state index in [1.807, 2.05) is 6.07 Å². The number of piperidine rings is 1. The molecule has 0 aromatic carbocycles. The number of imide groups is 1. The Balaban J connectivity index is 1.11. The van der Waals surface area contributed by atoms with E-state index in [1.54, 1.807) is 29.7 Å². The highest BCUT2D eigenvalue weighted by atomic mass is 32.1. The maximum atomic E-state index is 11.7. The van der Waals surface area contributed by atoms with E-state index < -0.39 is 11.9 Å². The molecule has 2 saturated heterocycles. The van der Waals surface area contributed by atoms with Gasteiger partial charge in [0.05, 0.1) is 17.1 Å². The van der Waals surface area contributed by atoms with Gasteiger partial charge in [-0.3, -0.25) is 15.1 Å². The Morgan fingerprint density at radius 1 is 1.12 bits per heavy atom. The quantitative estimate of drug-likeness (QED) is 0.356. The van der Waals surface area contributed by atoms with Gasteiger partial charge in [0, 0.05) is 36.8 Å². The summed E-state index contributed by atoms with van der Waals surface area (Å²) >= 11 is 1.68. The average Bonchev–Trinajstić information content (AvgIpc) is 3.50. The first kappa shape index (κ1) is 22.2. The number of hydrogen-bond donors (Lipinski definition) is 3. The third-order valence-corrected chi connectivity index (χ3v) is 6.62. The van der Waals surface area contributed by atoms with Gasteiger partial charge in [0.25, 0.3) is 5.91 Å². The van der Waals surface area contributed by atoms with Crippen molar-refractivity contribution in [3.05, 3.63) is 64.4 Å². The minimum Gasteiger partial charge on any atom is -0.341 e. The number of carbonyl (C=O) groups excluding carboxylic acids is 2. The molecule has 0 bridgehead atoms. The van der Waals surface area contributed by atoms with Crippen molar-refractivity contribution in [2.75, 3.05) is 24.5 Å². The molecule has 0 spiro atoms. The number of pyridine rings is 1. The molecule has 2 aliphatic rings. The zero-order valence-electron chi connectivity index (χ0n) is 18.5. The van der Waals surface area contributed by atoms with Gasteiger partial charge in [-0.2, -0.15) is 11.3 Å². The Bertz CT molecular complexity index is 1200. The number of anilines is 1. The van der Waals surface area contributed by atoms with Crippen molar-refractivity contribution < 1.29 is 9.59 Å². The first-order valence-electron chi connectivity index (χ1n) is 11.3. The van der Waals surface area contributed by atoms with E-state index in [4.69, 9.17) is 4.98 Å². The van der Waals surface area contributed by atoms with Crippen molar-refractivity contribution in [1.82, 2.24) is 30.9 Å². The minimum absolute atomic E-state index is 0.190. The topological polar surface area (TPSA) is 112 Å². The molecular weight excluding hydrogens is 450 g/mol. The van der Waals surface area contributed by atoms with Crippen LogP contribution in [0.3, 0.4) is 0 Å². The minimum atomic E-state index is -0.521. The third-order valence-electron chi connectivity index (χ3n) is 5.94. The number of aromatic nitrogens is 3.